The predicted molar refractivity (Wildman–Crippen MR) is 138 cm³/mol. The zero-order valence-electron chi connectivity index (χ0n) is 19.9. The van der Waals surface area contributed by atoms with Crippen LogP contribution in [0.15, 0.2) is 102 Å². The van der Waals surface area contributed by atoms with Crippen LogP contribution in [-0.2, 0) is 0 Å². The van der Waals surface area contributed by atoms with E-state index in [0.29, 0.717) is 0 Å². The third-order valence-electron chi connectivity index (χ3n) is 7.42. The summed E-state index contributed by atoms with van der Waals surface area (Å²) in [5.41, 5.74) is 4.20. The molecule has 3 heteroatoms. The Hall–Kier alpha value is -3.04. The molecule has 0 fully saturated rings. The van der Waals surface area contributed by atoms with E-state index in [1.165, 1.54) is 32.3 Å². The van der Waals surface area contributed by atoms with Crippen LogP contribution in [0.3, 0.4) is 0 Å². The van der Waals surface area contributed by atoms with Crippen LogP contribution in [0, 0.1) is 0 Å². The van der Waals surface area contributed by atoms with Crippen LogP contribution in [0.1, 0.15) is 27.7 Å². The molecule has 2 nitrogen and oxygen atoms in total. The smallest absolute Gasteiger partial charge is 0.162 e. The van der Waals surface area contributed by atoms with Crippen LogP contribution in [0.25, 0.3) is 0 Å². The second kappa shape index (κ2) is 8.48. The number of hydrogen-bond acceptors (Lipinski definition) is 2. The summed E-state index contributed by atoms with van der Waals surface area (Å²) < 4.78 is 11.5. The van der Waals surface area contributed by atoms with Gasteiger partial charge in [-0.3, -0.25) is 0 Å². The molecule has 0 amide bonds. The van der Waals surface area contributed by atoms with Crippen LogP contribution >= 0.6 is 0 Å². The van der Waals surface area contributed by atoms with Crippen molar-refractivity contribution in [2.45, 2.75) is 32.7 Å². The lowest BCUT2D eigenvalue weighted by Crippen LogP contribution is -2.73. The molecule has 4 rings (SSSR count). The molecule has 0 bridgehead atoms. The summed E-state index contributed by atoms with van der Waals surface area (Å²) in [4.78, 5) is 0. The number of methoxy groups -OCH3 is 2. The molecule has 0 aromatic heterocycles. The van der Waals surface area contributed by atoms with Crippen LogP contribution in [0.2, 0.25) is 5.04 Å². The van der Waals surface area contributed by atoms with Gasteiger partial charge in [0.05, 0.1) is 14.2 Å². The second-order valence-corrected chi connectivity index (χ2v) is 13.1. The lowest BCUT2D eigenvalue weighted by atomic mass is 10.0. The number of hydrogen-bond donors (Lipinski definition) is 0. The van der Waals surface area contributed by atoms with E-state index in [1.54, 1.807) is 14.2 Å². The largest absolute Gasteiger partial charge is 0.497 e. The number of allylic oxidation sites excluding steroid dienone is 4. The van der Waals surface area contributed by atoms with Gasteiger partial charge < -0.3 is 9.47 Å². The molecular formula is C29H32O2Si. The maximum atomic E-state index is 5.74. The summed E-state index contributed by atoms with van der Waals surface area (Å²) >= 11 is 0. The van der Waals surface area contributed by atoms with Gasteiger partial charge in [-0.05, 0) is 54.0 Å². The van der Waals surface area contributed by atoms with E-state index in [9.17, 15) is 0 Å². The first-order valence-electron chi connectivity index (χ1n) is 11.1. The highest BCUT2D eigenvalue weighted by molar-refractivity contribution is 7.14. The molecule has 0 radical (unpaired) electrons. The van der Waals surface area contributed by atoms with Gasteiger partial charge in [0.15, 0.2) is 8.07 Å². The SMILES string of the molecule is COc1cc(OC)cc([Si](c2ccccc2)(c2ccccc2)C2(C)C=C(C)C(C)=C2C)c1. The first-order valence-corrected chi connectivity index (χ1v) is 13.1. The van der Waals surface area contributed by atoms with Crippen LogP contribution in [-0.4, -0.2) is 22.3 Å². The summed E-state index contributed by atoms with van der Waals surface area (Å²) in [6.07, 6.45) is 2.51. The van der Waals surface area contributed by atoms with Crippen LogP contribution < -0.4 is 25.0 Å². The molecule has 3 aromatic carbocycles. The van der Waals surface area contributed by atoms with E-state index in [4.69, 9.17) is 9.47 Å². The Morgan fingerprint density at radius 3 is 1.50 bits per heavy atom. The maximum Gasteiger partial charge on any atom is 0.162 e. The average molecular weight is 441 g/mol. The van der Waals surface area contributed by atoms with E-state index < -0.39 is 8.07 Å². The van der Waals surface area contributed by atoms with E-state index in [1.807, 2.05) is 6.07 Å². The van der Waals surface area contributed by atoms with Gasteiger partial charge in [-0.1, -0.05) is 84.8 Å². The molecule has 164 valence electrons. The zero-order chi connectivity index (χ0) is 22.9. The van der Waals surface area contributed by atoms with Crippen molar-refractivity contribution in [3.8, 4) is 11.5 Å². The molecule has 0 saturated heterocycles. The van der Waals surface area contributed by atoms with Crippen LogP contribution in [0.5, 0.6) is 11.5 Å². The monoisotopic (exact) mass is 440 g/mol. The molecule has 0 aliphatic heterocycles. The lowest BCUT2D eigenvalue weighted by molar-refractivity contribution is 0.395. The Bertz CT molecular complexity index is 1120. The predicted octanol–water partition coefficient (Wildman–Crippen LogP) is 5.23. The second-order valence-electron chi connectivity index (χ2n) is 8.86. The Kier molecular flexibility index (Phi) is 5.87. The minimum Gasteiger partial charge on any atom is -0.497 e. The first-order chi connectivity index (χ1) is 15.4. The van der Waals surface area contributed by atoms with Crippen molar-refractivity contribution in [2.75, 3.05) is 14.2 Å². The normalized spacial score (nSPS) is 18.5. The maximum absolute atomic E-state index is 5.74. The zero-order valence-corrected chi connectivity index (χ0v) is 20.9. The first kappa shape index (κ1) is 22.2. The molecule has 0 N–H and O–H groups in total. The summed E-state index contributed by atoms with van der Waals surface area (Å²) in [6.45, 7) is 9.24. The molecule has 0 spiro atoms. The van der Waals surface area contributed by atoms with Gasteiger partial charge in [0, 0.05) is 11.1 Å². The van der Waals surface area contributed by atoms with Crippen molar-refractivity contribution in [3.63, 3.8) is 0 Å². The molecule has 32 heavy (non-hydrogen) atoms. The fourth-order valence-electron chi connectivity index (χ4n) is 5.52. The van der Waals surface area contributed by atoms with Crippen molar-refractivity contribution in [2.24, 2.45) is 0 Å². The Balaban J connectivity index is 2.22. The highest BCUT2D eigenvalue weighted by atomic mass is 28.3. The van der Waals surface area contributed by atoms with Gasteiger partial charge in [0.25, 0.3) is 0 Å². The molecular weight excluding hydrogens is 408 g/mol. The molecule has 1 atom stereocenters. The van der Waals surface area contributed by atoms with Gasteiger partial charge >= 0.3 is 0 Å². The van der Waals surface area contributed by atoms with E-state index in [0.717, 1.165) is 11.5 Å². The van der Waals surface area contributed by atoms with E-state index in [-0.39, 0.29) is 5.04 Å². The van der Waals surface area contributed by atoms with Gasteiger partial charge in [-0.15, -0.1) is 0 Å². The molecule has 0 heterocycles. The summed E-state index contributed by atoms with van der Waals surface area (Å²) in [6, 6.07) is 28.5. The fourth-order valence-corrected chi connectivity index (χ4v) is 11.6. The summed E-state index contributed by atoms with van der Waals surface area (Å²) in [5.74, 6) is 1.65. The quantitative estimate of drug-likeness (QED) is 0.386. The average Bonchev–Trinajstić information content (AvgIpc) is 3.03. The number of benzene rings is 3. The Morgan fingerprint density at radius 1 is 0.656 bits per heavy atom. The minimum absolute atomic E-state index is 0.152. The standard InChI is InChI=1S/C29H32O2Si/c1-21-20-29(4,23(3)22(21)2)32(26-13-9-7-10-14-26,27-15-11-8-12-16-27)28-18-24(30-5)17-25(19-28)31-6/h7-20H,1-6H3. The summed E-state index contributed by atoms with van der Waals surface area (Å²) in [7, 11) is 0.800. The van der Waals surface area contributed by atoms with E-state index >= 15 is 0 Å². The van der Waals surface area contributed by atoms with Gasteiger partial charge in [-0.25, -0.2) is 0 Å². The van der Waals surface area contributed by atoms with Gasteiger partial charge in [0.1, 0.15) is 11.5 Å². The highest BCUT2D eigenvalue weighted by Crippen LogP contribution is 2.53. The Morgan fingerprint density at radius 2 is 1.12 bits per heavy atom. The molecule has 1 aliphatic rings. The molecule has 3 aromatic rings. The Labute approximate surface area is 193 Å². The van der Waals surface area contributed by atoms with E-state index in [2.05, 4.69) is 107 Å². The number of ether oxygens (including phenoxy) is 2. The van der Waals surface area contributed by atoms with Gasteiger partial charge in [-0.2, -0.15) is 0 Å². The van der Waals surface area contributed by atoms with Crippen molar-refractivity contribution in [1.82, 2.24) is 0 Å². The van der Waals surface area contributed by atoms with Crippen molar-refractivity contribution in [3.05, 3.63) is 102 Å². The molecule has 0 saturated carbocycles. The third kappa shape index (κ3) is 3.23. The third-order valence-corrected chi connectivity index (χ3v) is 13.0. The highest BCUT2D eigenvalue weighted by Gasteiger charge is 2.56. The van der Waals surface area contributed by atoms with Gasteiger partial charge in [0.2, 0.25) is 0 Å². The van der Waals surface area contributed by atoms with Crippen molar-refractivity contribution >= 4 is 23.6 Å². The summed E-state index contributed by atoms with van der Waals surface area (Å²) in [5, 5.41) is 3.89. The molecule has 1 aliphatic carbocycles. The lowest BCUT2D eigenvalue weighted by Gasteiger charge is -2.47. The van der Waals surface area contributed by atoms with Crippen LogP contribution in [0.4, 0.5) is 0 Å². The molecule has 1 unspecified atom stereocenters. The van der Waals surface area contributed by atoms with Crippen molar-refractivity contribution < 1.29 is 9.47 Å². The number of rotatable bonds is 6. The minimum atomic E-state index is -2.65. The fraction of sp³-hybridized carbons (Fsp3) is 0.241. The topological polar surface area (TPSA) is 18.5 Å². The van der Waals surface area contributed by atoms with Crippen molar-refractivity contribution in [1.29, 1.82) is 0 Å².